The van der Waals surface area contributed by atoms with E-state index in [9.17, 15) is 4.79 Å². The largest absolute Gasteiger partial charge is 0.474 e. The standard InChI is InChI=1S/C23H42O3Si/c1-6-8-9-10-11-12-13-14-15-16-17-21(23(24)25-7-2)20-18-22(26-19-20)27(3,4)5/h18-19,21H,6-17H2,1-5H3. The molecule has 27 heavy (non-hydrogen) atoms. The Hall–Kier alpha value is -1.03. The third-order valence-electron chi connectivity index (χ3n) is 5.18. The van der Waals surface area contributed by atoms with E-state index in [0.29, 0.717) is 6.61 Å². The lowest BCUT2D eigenvalue weighted by Crippen LogP contribution is -2.36. The number of carbonyl (C=O) groups is 1. The summed E-state index contributed by atoms with van der Waals surface area (Å²) in [6, 6.07) is 2.10. The zero-order chi connectivity index (χ0) is 20.1. The predicted molar refractivity (Wildman–Crippen MR) is 118 cm³/mol. The third-order valence-corrected chi connectivity index (χ3v) is 6.92. The number of furan rings is 1. The molecule has 1 aromatic rings. The normalized spacial score (nSPS) is 12.9. The summed E-state index contributed by atoms with van der Waals surface area (Å²) in [5.41, 5.74) is 1.00. The van der Waals surface area contributed by atoms with Gasteiger partial charge in [0, 0.05) is 5.56 Å². The lowest BCUT2D eigenvalue weighted by molar-refractivity contribution is -0.145. The second-order valence-electron chi connectivity index (χ2n) is 8.77. The van der Waals surface area contributed by atoms with Crippen molar-refractivity contribution in [1.82, 2.24) is 0 Å². The van der Waals surface area contributed by atoms with E-state index in [1.54, 1.807) is 6.26 Å². The second kappa shape index (κ2) is 13.2. The minimum atomic E-state index is -1.50. The Bertz CT molecular complexity index is 516. The van der Waals surface area contributed by atoms with E-state index < -0.39 is 8.07 Å². The number of hydrogen-bond acceptors (Lipinski definition) is 3. The zero-order valence-corrected chi connectivity index (χ0v) is 19.4. The van der Waals surface area contributed by atoms with Crippen LogP contribution in [0.3, 0.4) is 0 Å². The molecule has 0 aliphatic rings. The molecule has 1 atom stereocenters. The van der Waals surface area contributed by atoms with Gasteiger partial charge >= 0.3 is 5.97 Å². The van der Waals surface area contributed by atoms with Crippen molar-refractivity contribution in [2.45, 2.75) is 110 Å². The van der Waals surface area contributed by atoms with Crippen LogP contribution in [0.15, 0.2) is 16.7 Å². The van der Waals surface area contributed by atoms with Crippen LogP contribution in [-0.2, 0) is 9.53 Å². The molecule has 1 heterocycles. The Morgan fingerprint density at radius 1 is 0.963 bits per heavy atom. The summed E-state index contributed by atoms with van der Waals surface area (Å²) in [6.45, 7) is 11.4. The highest BCUT2D eigenvalue weighted by atomic mass is 28.3. The SMILES string of the molecule is CCCCCCCCCCCCC(C(=O)OCC)c1coc([Si](C)(C)C)c1. The van der Waals surface area contributed by atoms with E-state index >= 15 is 0 Å². The molecule has 1 rings (SSSR count). The van der Waals surface area contributed by atoms with Gasteiger partial charge in [0.05, 0.1) is 24.2 Å². The zero-order valence-electron chi connectivity index (χ0n) is 18.4. The summed E-state index contributed by atoms with van der Waals surface area (Å²) in [4.78, 5) is 12.4. The first-order valence-electron chi connectivity index (χ1n) is 11.2. The van der Waals surface area contributed by atoms with Crippen LogP contribution in [0.2, 0.25) is 19.6 Å². The van der Waals surface area contributed by atoms with Gasteiger partial charge in [-0.3, -0.25) is 4.79 Å². The topological polar surface area (TPSA) is 39.4 Å². The Morgan fingerprint density at radius 2 is 1.52 bits per heavy atom. The van der Waals surface area contributed by atoms with Crippen molar-refractivity contribution in [3.63, 3.8) is 0 Å². The van der Waals surface area contributed by atoms with Crippen LogP contribution in [0.25, 0.3) is 0 Å². The molecular weight excluding hydrogens is 352 g/mol. The van der Waals surface area contributed by atoms with Crippen molar-refractivity contribution >= 4 is 19.4 Å². The Balaban J connectivity index is 2.39. The maximum Gasteiger partial charge on any atom is 0.313 e. The average Bonchev–Trinajstić information content (AvgIpc) is 3.10. The molecule has 0 aliphatic heterocycles. The molecule has 1 aromatic heterocycles. The number of esters is 1. The maximum atomic E-state index is 12.4. The fourth-order valence-corrected chi connectivity index (χ4v) is 4.44. The number of carbonyl (C=O) groups excluding carboxylic acids is 1. The van der Waals surface area contributed by atoms with Gasteiger partial charge in [0.15, 0.2) is 0 Å². The van der Waals surface area contributed by atoms with Crippen LogP contribution in [-0.4, -0.2) is 20.7 Å². The van der Waals surface area contributed by atoms with Gasteiger partial charge in [-0.1, -0.05) is 90.8 Å². The summed E-state index contributed by atoms with van der Waals surface area (Å²) in [7, 11) is -1.50. The van der Waals surface area contributed by atoms with Gasteiger partial charge in [-0.05, 0) is 19.4 Å². The molecule has 0 bridgehead atoms. The summed E-state index contributed by atoms with van der Waals surface area (Å²) in [6.07, 6.45) is 15.7. The Morgan fingerprint density at radius 3 is 2.00 bits per heavy atom. The van der Waals surface area contributed by atoms with Crippen LogP contribution >= 0.6 is 0 Å². The molecule has 1 unspecified atom stereocenters. The van der Waals surface area contributed by atoms with Crippen molar-refractivity contribution in [1.29, 1.82) is 0 Å². The summed E-state index contributed by atoms with van der Waals surface area (Å²) in [5, 5.41) is 1.06. The number of ether oxygens (including phenoxy) is 1. The highest BCUT2D eigenvalue weighted by molar-refractivity contribution is 6.87. The fraction of sp³-hybridized carbons (Fsp3) is 0.783. The van der Waals surface area contributed by atoms with Gasteiger partial charge in [0.1, 0.15) is 8.07 Å². The molecule has 0 saturated carbocycles. The van der Waals surface area contributed by atoms with Gasteiger partial charge < -0.3 is 9.15 Å². The smallest absolute Gasteiger partial charge is 0.313 e. The number of unbranched alkanes of at least 4 members (excludes halogenated alkanes) is 9. The highest BCUT2D eigenvalue weighted by Crippen LogP contribution is 2.25. The van der Waals surface area contributed by atoms with Gasteiger partial charge in [-0.2, -0.15) is 0 Å². The van der Waals surface area contributed by atoms with Gasteiger partial charge in [0.2, 0.25) is 0 Å². The van der Waals surface area contributed by atoms with Crippen molar-refractivity contribution in [2.75, 3.05) is 6.61 Å². The Labute approximate surface area is 168 Å². The van der Waals surface area contributed by atoms with Crippen molar-refractivity contribution in [3.8, 4) is 0 Å². The fourth-order valence-electron chi connectivity index (χ4n) is 3.43. The van der Waals surface area contributed by atoms with Crippen LogP contribution in [0, 0.1) is 0 Å². The van der Waals surface area contributed by atoms with Gasteiger partial charge in [0.25, 0.3) is 0 Å². The molecule has 156 valence electrons. The van der Waals surface area contributed by atoms with E-state index in [-0.39, 0.29) is 11.9 Å². The third kappa shape index (κ3) is 9.64. The van der Waals surface area contributed by atoms with Gasteiger partial charge in [-0.15, -0.1) is 0 Å². The first-order chi connectivity index (χ1) is 12.9. The van der Waals surface area contributed by atoms with Crippen LogP contribution in [0.4, 0.5) is 0 Å². The molecule has 0 amide bonds. The molecule has 0 fully saturated rings. The van der Waals surface area contributed by atoms with E-state index in [1.807, 2.05) is 6.92 Å². The van der Waals surface area contributed by atoms with Crippen LogP contribution < -0.4 is 5.38 Å². The monoisotopic (exact) mass is 394 g/mol. The van der Waals surface area contributed by atoms with E-state index in [4.69, 9.17) is 9.15 Å². The number of hydrogen-bond donors (Lipinski definition) is 0. The summed E-state index contributed by atoms with van der Waals surface area (Å²) >= 11 is 0. The van der Waals surface area contributed by atoms with Crippen molar-refractivity contribution < 1.29 is 13.9 Å². The minimum Gasteiger partial charge on any atom is -0.474 e. The number of rotatable bonds is 15. The first kappa shape index (κ1) is 24.0. The summed E-state index contributed by atoms with van der Waals surface area (Å²) < 4.78 is 11.1. The lowest BCUT2D eigenvalue weighted by Gasteiger charge is -2.14. The molecule has 0 N–H and O–H groups in total. The van der Waals surface area contributed by atoms with Crippen molar-refractivity contribution in [3.05, 3.63) is 17.9 Å². The minimum absolute atomic E-state index is 0.101. The lowest BCUT2D eigenvalue weighted by atomic mass is 9.95. The molecule has 0 spiro atoms. The highest BCUT2D eigenvalue weighted by Gasteiger charge is 2.27. The molecule has 0 radical (unpaired) electrons. The van der Waals surface area contributed by atoms with E-state index in [0.717, 1.165) is 23.8 Å². The predicted octanol–water partition coefficient (Wildman–Crippen LogP) is 6.78. The molecule has 4 heteroatoms. The van der Waals surface area contributed by atoms with Crippen LogP contribution in [0.5, 0.6) is 0 Å². The van der Waals surface area contributed by atoms with Crippen LogP contribution in [0.1, 0.15) is 96.0 Å². The first-order valence-corrected chi connectivity index (χ1v) is 14.7. The van der Waals surface area contributed by atoms with Gasteiger partial charge in [-0.25, -0.2) is 0 Å². The molecule has 0 aliphatic carbocycles. The summed E-state index contributed by atoms with van der Waals surface area (Å²) in [5.74, 6) is -0.274. The Kier molecular flexibility index (Phi) is 11.7. The average molecular weight is 395 g/mol. The molecule has 0 saturated heterocycles. The quantitative estimate of drug-likeness (QED) is 0.187. The second-order valence-corrected chi connectivity index (χ2v) is 13.8. The molecule has 0 aromatic carbocycles. The molecule has 3 nitrogen and oxygen atoms in total. The van der Waals surface area contributed by atoms with E-state index in [2.05, 4.69) is 32.6 Å². The van der Waals surface area contributed by atoms with Crippen molar-refractivity contribution in [2.24, 2.45) is 0 Å². The molecular formula is C23H42O3Si. The maximum absolute atomic E-state index is 12.4. The van der Waals surface area contributed by atoms with E-state index in [1.165, 1.54) is 57.8 Å².